The summed E-state index contributed by atoms with van der Waals surface area (Å²) >= 11 is 13.7. The van der Waals surface area contributed by atoms with Gasteiger partial charge in [0, 0.05) is 29.9 Å². The molecule has 8 heteroatoms. The largest absolute Gasteiger partial charge is 0.348 e. The Morgan fingerprint density at radius 1 is 1.06 bits per heavy atom. The van der Waals surface area contributed by atoms with Crippen molar-refractivity contribution in [1.29, 1.82) is 0 Å². The van der Waals surface area contributed by atoms with Gasteiger partial charge >= 0.3 is 0 Å². The first kappa shape index (κ1) is 22.6. The van der Waals surface area contributed by atoms with Crippen LogP contribution in [0.5, 0.6) is 0 Å². The lowest BCUT2D eigenvalue weighted by Gasteiger charge is -2.31. The maximum absolute atomic E-state index is 13.1. The highest BCUT2D eigenvalue weighted by atomic mass is 35.5. The van der Waals surface area contributed by atoms with Gasteiger partial charge in [0.1, 0.15) is 0 Å². The summed E-state index contributed by atoms with van der Waals surface area (Å²) in [6.07, 6.45) is 2.95. The lowest BCUT2D eigenvalue weighted by molar-refractivity contribution is 0.529. The van der Waals surface area contributed by atoms with Crippen LogP contribution in [0.1, 0.15) is 36.6 Å². The van der Waals surface area contributed by atoms with Gasteiger partial charge in [0.25, 0.3) is 0 Å². The van der Waals surface area contributed by atoms with Gasteiger partial charge < -0.3 is 4.90 Å². The van der Waals surface area contributed by atoms with Crippen molar-refractivity contribution in [2.75, 3.05) is 18.0 Å². The third kappa shape index (κ3) is 5.08. The molecule has 0 bridgehead atoms. The molecule has 1 aliphatic heterocycles. The summed E-state index contributed by atoms with van der Waals surface area (Å²) in [6, 6.07) is 13.2. The monoisotopic (exact) mass is 494 g/mol. The molecule has 0 unspecified atom stereocenters. The van der Waals surface area contributed by atoms with E-state index in [4.69, 9.17) is 28.2 Å². The number of halogens is 2. The van der Waals surface area contributed by atoms with Crippen LogP contribution in [0.15, 0.2) is 52.7 Å². The van der Waals surface area contributed by atoms with E-state index in [1.165, 1.54) is 23.3 Å². The van der Waals surface area contributed by atoms with Crippen LogP contribution in [0.25, 0.3) is 0 Å². The van der Waals surface area contributed by atoms with E-state index < -0.39 is 15.1 Å². The zero-order chi connectivity index (χ0) is 22.0. The molecule has 4 rings (SSSR count). The predicted molar refractivity (Wildman–Crippen MR) is 130 cm³/mol. The molecule has 2 heterocycles. The summed E-state index contributed by atoms with van der Waals surface area (Å²) < 4.78 is 26.1. The molecule has 164 valence electrons. The smallest absolute Gasteiger partial charge is 0.185 e. The Labute approximate surface area is 197 Å². The third-order valence-corrected chi connectivity index (χ3v) is 9.64. The number of rotatable bonds is 6. The maximum atomic E-state index is 13.1. The van der Waals surface area contributed by atoms with Crippen LogP contribution in [0, 0.1) is 0 Å². The van der Waals surface area contributed by atoms with E-state index in [0.29, 0.717) is 31.0 Å². The number of sulfone groups is 1. The SMILES string of the molecule is CCc1ccc(Cc2csc(N3CCC(S(=O)(=O)c4ccc(Cl)cc4Cl)CC3)n2)cc1. The topological polar surface area (TPSA) is 50.3 Å². The van der Waals surface area contributed by atoms with Gasteiger partial charge in [-0.2, -0.15) is 0 Å². The molecule has 1 saturated heterocycles. The molecule has 1 aromatic heterocycles. The van der Waals surface area contributed by atoms with Crippen molar-refractivity contribution in [3.8, 4) is 0 Å². The molecule has 1 fully saturated rings. The lowest BCUT2D eigenvalue weighted by atomic mass is 10.1. The van der Waals surface area contributed by atoms with Crippen molar-refractivity contribution >= 4 is 49.5 Å². The van der Waals surface area contributed by atoms with E-state index in [1.807, 2.05) is 0 Å². The zero-order valence-corrected chi connectivity index (χ0v) is 20.4. The number of thiazole rings is 1. The molecule has 0 saturated carbocycles. The number of aromatic nitrogens is 1. The van der Waals surface area contributed by atoms with E-state index >= 15 is 0 Å². The van der Waals surface area contributed by atoms with Crippen LogP contribution in [0.2, 0.25) is 10.0 Å². The fourth-order valence-electron chi connectivity index (χ4n) is 3.87. The van der Waals surface area contributed by atoms with Crippen molar-refractivity contribution in [1.82, 2.24) is 4.98 Å². The van der Waals surface area contributed by atoms with Crippen LogP contribution >= 0.6 is 34.5 Å². The molecular formula is C23H24Cl2N2O2S2. The summed E-state index contributed by atoms with van der Waals surface area (Å²) in [7, 11) is -3.49. The lowest BCUT2D eigenvalue weighted by Crippen LogP contribution is -2.39. The minimum absolute atomic E-state index is 0.169. The van der Waals surface area contributed by atoms with E-state index in [9.17, 15) is 8.42 Å². The molecule has 0 N–H and O–H groups in total. The van der Waals surface area contributed by atoms with Gasteiger partial charge in [0.15, 0.2) is 15.0 Å². The molecule has 4 nitrogen and oxygen atoms in total. The summed E-state index contributed by atoms with van der Waals surface area (Å²) in [5.74, 6) is 0. The van der Waals surface area contributed by atoms with Crippen LogP contribution in [0.3, 0.4) is 0 Å². The molecule has 0 aliphatic carbocycles. The number of hydrogen-bond acceptors (Lipinski definition) is 5. The second-order valence-electron chi connectivity index (χ2n) is 7.77. The number of hydrogen-bond donors (Lipinski definition) is 0. The number of benzene rings is 2. The minimum atomic E-state index is -3.49. The average molecular weight is 495 g/mol. The Hall–Kier alpha value is -1.60. The Bertz CT molecular complexity index is 1150. The number of piperidine rings is 1. The fraction of sp³-hybridized carbons (Fsp3) is 0.348. The highest BCUT2D eigenvalue weighted by Crippen LogP contribution is 2.33. The van der Waals surface area contributed by atoms with Gasteiger partial charge in [0.05, 0.1) is 20.9 Å². The average Bonchev–Trinajstić information content (AvgIpc) is 3.22. The van der Waals surface area contributed by atoms with Gasteiger partial charge in [-0.15, -0.1) is 11.3 Å². The van der Waals surface area contributed by atoms with E-state index in [2.05, 4.69) is 41.5 Å². The van der Waals surface area contributed by atoms with Gasteiger partial charge in [-0.25, -0.2) is 13.4 Å². The van der Waals surface area contributed by atoms with Gasteiger partial charge in [0.2, 0.25) is 0 Å². The summed E-state index contributed by atoms with van der Waals surface area (Å²) in [5.41, 5.74) is 3.63. The van der Waals surface area contributed by atoms with Crippen LogP contribution in [0.4, 0.5) is 5.13 Å². The Morgan fingerprint density at radius 3 is 2.39 bits per heavy atom. The zero-order valence-electron chi connectivity index (χ0n) is 17.2. The minimum Gasteiger partial charge on any atom is -0.348 e. The standard InChI is InChI=1S/C23H24Cl2N2O2S2/c1-2-16-3-5-17(6-4-16)13-19-15-30-23(26-19)27-11-9-20(10-12-27)31(28,29)22-8-7-18(24)14-21(22)25/h3-8,14-15,20H,2,9-13H2,1H3. The molecule has 0 atom stereocenters. The Kier molecular flexibility index (Phi) is 6.92. The number of anilines is 1. The Morgan fingerprint density at radius 2 is 1.74 bits per heavy atom. The summed E-state index contributed by atoms with van der Waals surface area (Å²) in [5, 5.41) is 3.23. The quantitative estimate of drug-likeness (QED) is 0.418. The molecule has 0 amide bonds. The molecule has 31 heavy (non-hydrogen) atoms. The molecule has 3 aromatic rings. The number of nitrogens with zero attached hydrogens (tertiary/aromatic N) is 2. The molecule has 2 aromatic carbocycles. The van der Waals surface area contributed by atoms with Crippen molar-refractivity contribution in [2.24, 2.45) is 0 Å². The van der Waals surface area contributed by atoms with Crippen molar-refractivity contribution in [3.63, 3.8) is 0 Å². The summed E-state index contributed by atoms with van der Waals surface area (Å²) in [4.78, 5) is 7.15. The second-order valence-corrected chi connectivity index (χ2v) is 11.7. The highest BCUT2D eigenvalue weighted by Gasteiger charge is 2.33. The molecule has 0 radical (unpaired) electrons. The summed E-state index contributed by atoms with van der Waals surface area (Å²) in [6.45, 7) is 3.47. The van der Waals surface area contributed by atoms with Crippen LogP contribution < -0.4 is 4.90 Å². The van der Waals surface area contributed by atoms with E-state index in [1.54, 1.807) is 17.4 Å². The van der Waals surface area contributed by atoms with Gasteiger partial charge in [-0.05, 0) is 48.6 Å². The number of aryl methyl sites for hydroxylation is 1. The van der Waals surface area contributed by atoms with Crippen molar-refractivity contribution in [2.45, 2.75) is 42.8 Å². The second kappa shape index (κ2) is 9.49. The van der Waals surface area contributed by atoms with Crippen molar-refractivity contribution < 1.29 is 8.42 Å². The maximum Gasteiger partial charge on any atom is 0.185 e. The van der Waals surface area contributed by atoms with Crippen LogP contribution in [-0.4, -0.2) is 31.7 Å². The van der Waals surface area contributed by atoms with Crippen molar-refractivity contribution in [3.05, 3.63) is 74.7 Å². The fourth-order valence-corrected chi connectivity index (χ4v) is 7.26. The van der Waals surface area contributed by atoms with E-state index in [-0.39, 0.29) is 9.92 Å². The first-order valence-corrected chi connectivity index (χ1v) is 13.5. The first-order chi connectivity index (χ1) is 14.9. The molecule has 0 spiro atoms. The highest BCUT2D eigenvalue weighted by molar-refractivity contribution is 7.92. The third-order valence-electron chi connectivity index (χ3n) is 5.71. The molecule has 1 aliphatic rings. The van der Waals surface area contributed by atoms with Gasteiger partial charge in [-0.1, -0.05) is 54.4 Å². The van der Waals surface area contributed by atoms with Gasteiger partial charge in [-0.3, -0.25) is 0 Å². The molecular weight excluding hydrogens is 471 g/mol. The predicted octanol–water partition coefficient (Wildman–Crippen LogP) is 6.05. The Balaban J connectivity index is 1.39. The first-order valence-electron chi connectivity index (χ1n) is 10.3. The van der Waals surface area contributed by atoms with E-state index in [0.717, 1.165) is 23.7 Å². The van der Waals surface area contributed by atoms with Crippen LogP contribution in [-0.2, 0) is 22.7 Å². The normalized spacial score (nSPS) is 15.4.